The third kappa shape index (κ3) is 3.73. The van der Waals surface area contributed by atoms with Gasteiger partial charge in [0.1, 0.15) is 0 Å². The zero-order chi connectivity index (χ0) is 12.7. The molecule has 4 nitrogen and oxygen atoms in total. The molecular formula is C12H16O4. The number of carboxylic acids is 1. The number of esters is 1. The van der Waals surface area contributed by atoms with Crippen molar-refractivity contribution >= 4 is 11.9 Å². The fourth-order valence-corrected chi connectivity index (χ4v) is 1.14. The number of aromatic carboxylic acids is 1. The maximum atomic E-state index is 11.1. The summed E-state index contributed by atoms with van der Waals surface area (Å²) in [6.07, 6.45) is 0. The van der Waals surface area contributed by atoms with Crippen molar-refractivity contribution < 1.29 is 19.4 Å². The third-order valence-electron chi connectivity index (χ3n) is 1.75. The summed E-state index contributed by atoms with van der Waals surface area (Å²) in [5, 5.41) is 8.74. The number of carbonyl (C=O) groups excluding carboxylic acids is 1. The smallest absolute Gasteiger partial charge is 0.337 e. The molecule has 0 aliphatic carbocycles. The second-order valence-electron chi connectivity index (χ2n) is 2.88. The Morgan fingerprint density at radius 3 is 2.06 bits per heavy atom. The van der Waals surface area contributed by atoms with Crippen LogP contribution < -0.4 is 0 Å². The molecule has 4 heteroatoms. The van der Waals surface area contributed by atoms with E-state index in [1.165, 1.54) is 19.2 Å². The molecule has 0 aliphatic rings. The number of hydrogen-bond donors (Lipinski definition) is 1. The number of carbonyl (C=O) groups is 2. The van der Waals surface area contributed by atoms with E-state index in [2.05, 4.69) is 4.74 Å². The van der Waals surface area contributed by atoms with Gasteiger partial charge < -0.3 is 9.84 Å². The Balaban J connectivity index is 0.00000106. The molecule has 0 aliphatic heterocycles. The van der Waals surface area contributed by atoms with Crippen LogP contribution in [-0.4, -0.2) is 24.2 Å². The second-order valence-corrected chi connectivity index (χ2v) is 2.88. The van der Waals surface area contributed by atoms with Gasteiger partial charge in [-0.25, -0.2) is 9.59 Å². The molecule has 1 aromatic carbocycles. The maximum Gasteiger partial charge on any atom is 0.337 e. The Bertz CT molecular complexity index is 383. The number of carboxylic acid groups (broad SMARTS) is 1. The maximum absolute atomic E-state index is 11.1. The van der Waals surface area contributed by atoms with Crippen molar-refractivity contribution in [3.63, 3.8) is 0 Å². The largest absolute Gasteiger partial charge is 0.478 e. The molecule has 0 spiro atoms. The summed E-state index contributed by atoms with van der Waals surface area (Å²) in [5.74, 6) is -1.59. The van der Waals surface area contributed by atoms with Gasteiger partial charge in [-0.2, -0.15) is 0 Å². The monoisotopic (exact) mass is 224 g/mol. The van der Waals surface area contributed by atoms with Crippen LogP contribution in [0, 0.1) is 6.92 Å². The normalized spacial score (nSPS) is 8.75. The molecule has 0 heterocycles. The first kappa shape index (κ1) is 14.2. The van der Waals surface area contributed by atoms with Crippen molar-refractivity contribution in [2.75, 3.05) is 7.11 Å². The average Bonchev–Trinajstić information content (AvgIpc) is 2.29. The minimum absolute atomic E-state index is 0.0883. The van der Waals surface area contributed by atoms with Gasteiger partial charge in [-0.15, -0.1) is 0 Å². The zero-order valence-corrected chi connectivity index (χ0v) is 9.90. The zero-order valence-electron chi connectivity index (χ0n) is 9.90. The summed E-state index contributed by atoms with van der Waals surface area (Å²) in [4.78, 5) is 21.8. The lowest BCUT2D eigenvalue weighted by Gasteiger charge is -2.02. The van der Waals surface area contributed by atoms with E-state index in [-0.39, 0.29) is 11.1 Å². The van der Waals surface area contributed by atoms with E-state index in [0.717, 1.165) is 0 Å². The summed E-state index contributed by atoms with van der Waals surface area (Å²) >= 11 is 0. The molecule has 0 aromatic heterocycles. The first-order chi connectivity index (χ1) is 7.54. The van der Waals surface area contributed by atoms with E-state index in [1.807, 2.05) is 13.8 Å². The van der Waals surface area contributed by atoms with E-state index in [4.69, 9.17) is 5.11 Å². The molecule has 1 N–H and O–H groups in total. The SMILES string of the molecule is CC.COC(=O)c1cc(C)cc(C(=O)O)c1. The lowest BCUT2D eigenvalue weighted by molar-refractivity contribution is 0.0600. The van der Waals surface area contributed by atoms with Gasteiger partial charge in [-0.1, -0.05) is 13.8 Å². The van der Waals surface area contributed by atoms with Gasteiger partial charge in [-0.05, 0) is 30.7 Å². The summed E-state index contributed by atoms with van der Waals surface area (Å²) in [6, 6.07) is 4.37. The summed E-state index contributed by atoms with van der Waals surface area (Å²) in [6.45, 7) is 5.72. The number of ether oxygens (including phenoxy) is 1. The van der Waals surface area contributed by atoms with Crippen molar-refractivity contribution in [1.82, 2.24) is 0 Å². The molecule has 0 atom stereocenters. The number of rotatable bonds is 2. The van der Waals surface area contributed by atoms with Gasteiger partial charge in [0.25, 0.3) is 0 Å². The van der Waals surface area contributed by atoms with Gasteiger partial charge in [-0.3, -0.25) is 0 Å². The Hall–Kier alpha value is -1.84. The lowest BCUT2D eigenvalue weighted by atomic mass is 10.1. The topological polar surface area (TPSA) is 63.6 Å². The van der Waals surface area contributed by atoms with Gasteiger partial charge >= 0.3 is 11.9 Å². The van der Waals surface area contributed by atoms with E-state index in [9.17, 15) is 9.59 Å². The Morgan fingerprint density at radius 1 is 1.12 bits per heavy atom. The van der Waals surface area contributed by atoms with Crippen molar-refractivity contribution in [3.8, 4) is 0 Å². The lowest BCUT2D eigenvalue weighted by Crippen LogP contribution is -2.05. The number of benzene rings is 1. The number of methoxy groups -OCH3 is 1. The average molecular weight is 224 g/mol. The molecule has 1 aromatic rings. The van der Waals surface area contributed by atoms with Crippen molar-refractivity contribution in [1.29, 1.82) is 0 Å². The molecular weight excluding hydrogens is 208 g/mol. The van der Waals surface area contributed by atoms with E-state index < -0.39 is 11.9 Å². The standard InChI is InChI=1S/C10H10O4.C2H6/c1-6-3-7(9(11)12)5-8(4-6)10(13)14-2;1-2/h3-5H,1-2H3,(H,11,12);1-2H3. The van der Waals surface area contributed by atoms with Crippen molar-refractivity contribution in [2.45, 2.75) is 20.8 Å². The molecule has 88 valence electrons. The predicted molar refractivity (Wildman–Crippen MR) is 60.8 cm³/mol. The van der Waals surface area contributed by atoms with Crippen LogP contribution in [0.2, 0.25) is 0 Å². The first-order valence-electron chi connectivity index (χ1n) is 4.98. The Kier molecular flexibility index (Phi) is 5.85. The highest BCUT2D eigenvalue weighted by Gasteiger charge is 2.10. The van der Waals surface area contributed by atoms with Gasteiger partial charge in [0.2, 0.25) is 0 Å². The number of hydrogen-bond acceptors (Lipinski definition) is 3. The van der Waals surface area contributed by atoms with Crippen LogP contribution in [0.3, 0.4) is 0 Å². The third-order valence-corrected chi connectivity index (χ3v) is 1.75. The summed E-state index contributed by atoms with van der Waals surface area (Å²) in [5.41, 5.74) is 1.06. The van der Waals surface area contributed by atoms with Gasteiger partial charge in [0.05, 0.1) is 18.2 Å². The molecule has 0 unspecified atom stereocenters. The van der Waals surface area contributed by atoms with E-state index in [0.29, 0.717) is 5.56 Å². The molecule has 0 amide bonds. The molecule has 1 rings (SSSR count). The highest BCUT2D eigenvalue weighted by molar-refractivity contribution is 5.94. The first-order valence-corrected chi connectivity index (χ1v) is 4.98. The molecule has 0 saturated heterocycles. The Labute approximate surface area is 94.9 Å². The highest BCUT2D eigenvalue weighted by Crippen LogP contribution is 2.10. The van der Waals surface area contributed by atoms with Gasteiger partial charge in [0, 0.05) is 0 Å². The predicted octanol–water partition coefficient (Wildman–Crippen LogP) is 2.51. The molecule has 0 radical (unpaired) electrons. The summed E-state index contributed by atoms with van der Waals surface area (Å²) in [7, 11) is 1.26. The van der Waals surface area contributed by atoms with Crippen LogP contribution in [-0.2, 0) is 4.74 Å². The van der Waals surface area contributed by atoms with Crippen LogP contribution in [0.25, 0.3) is 0 Å². The van der Waals surface area contributed by atoms with Crippen LogP contribution in [0.15, 0.2) is 18.2 Å². The quantitative estimate of drug-likeness (QED) is 0.784. The molecule has 0 bridgehead atoms. The molecule has 0 saturated carbocycles. The van der Waals surface area contributed by atoms with Gasteiger partial charge in [0.15, 0.2) is 0 Å². The van der Waals surface area contributed by atoms with Crippen LogP contribution in [0.1, 0.15) is 40.1 Å². The van der Waals surface area contributed by atoms with E-state index in [1.54, 1.807) is 13.0 Å². The fourth-order valence-electron chi connectivity index (χ4n) is 1.14. The minimum atomic E-state index is -1.06. The number of aryl methyl sites for hydroxylation is 1. The Morgan fingerprint density at radius 2 is 1.62 bits per heavy atom. The van der Waals surface area contributed by atoms with Crippen molar-refractivity contribution in [3.05, 3.63) is 34.9 Å². The van der Waals surface area contributed by atoms with E-state index >= 15 is 0 Å². The highest BCUT2D eigenvalue weighted by atomic mass is 16.5. The molecule has 0 fully saturated rings. The van der Waals surface area contributed by atoms with Crippen molar-refractivity contribution in [2.24, 2.45) is 0 Å². The van der Waals surface area contributed by atoms with Crippen LogP contribution in [0.4, 0.5) is 0 Å². The van der Waals surface area contributed by atoms with Crippen LogP contribution >= 0.6 is 0 Å². The second kappa shape index (κ2) is 6.61. The summed E-state index contributed by atoms with van der Waals surface area (Å²) < 4.78 is 4.49. The fraction of sp³-hybridized carbons (Fsp3) is 0.333. The minimum Gasteiger partial charge on any atom is -0.478 e. The molecule has 16 heavy (non-hydrogen) atoms. The van der Waals surface area contributed by atoms with Crippen LogP contribution in [0.5, 0.6) is 0 Å².